The number of carbonyl (C=O) groups is 3. The quantitative estimate of drug-likeness (QED) is 0.767. The number of hydrogen-bond donors (Lipinski definition) is 1. The molecule has 1 aliphatic rings. The molecule has 0 unspecified atom stereocenters. The van der Waals surface area contributed by atoms with Gasteiger partial charge in [-0.25, -0.2) is 0 Å². The van der Waals surface area contributed by atoms with Crippen LogP contribution in [0.3, 0.4) is 0 Å². The van der Waals surface area contributed by atoms with E-state index in [1.807, 2.05) is 30.3 Å². The Kier molecular flexibility index (Phi) is 9.68. The normalized spacial score (nSPS) is 18.7. The molecule has 25 heavy (non-hydrogen) atoms. The van der Waals surface area contributed by atoms with E-state index in [2.05, 4.69) is 5.32 Å². The van der Waals surface area contributed by atoms with Gasteiger partial charge >= 0.3 is 0 Å². The fraction of sp³-hybridized carbons (Fsp3) is 0.471. The summed E-state index contributed by atoms with van der Waals surface area (Å²) in [5.41, 5.74) is 8.27. The smallest absolute Gasteiger partial charge is 0.280 e. The van der Waals surface area contributed by atoms with Crippen LogP contribution >= 0.6 is 11.8 Å². The molecule has 0 aliphatic carbocycles. The van der Waals surface area contributed by atoms with Crippen molar-refractivity contribution in [3.05, 3.63) is 41.6 Å². The van der Waals surface area contributed by atoms with Gasteiger partial charge < -0.3 is 20.7 Å². The molecule has 3 amide bonds. The fourth-order valence-electron chi connectivity index (χ4n) is 2.63. The zero-order valence-corrected chi connectivity index (χ0v) is 17.9. The third kappa shape index (κ3) is 6.72. The van der Waals surface area contributed by atoms with Crippen LogP contribution in [0.2, 0.25) is 0 Å². The molecule has 2 N–H and O–H groups in total. The van der Waals surface area contributed by atoms with Gasteiger partial charge in [-0.15, -0.1) is 0 Å². The molecule has 8 heteroatoms. The van der Waals surface area contributed by atoms with Crippen LogP contribution in [0.15, 0.2) is 30.3 Å². The molecular weight excluding hydrogens is 415 g/mol. The zero-order chi connectivity index (χ0) is 17.5. The Hall–Kier alpha value is -0.916. The average molecular weight is 437 g/mol. The largest absolute Gasteiger partial charge is 0.666 e. The van der Waals surface area contributed by atoms with Crippen LogP contribution in [0, 0.1) is 0 Å². The Morgan fingerprint density at radius 3 is 2.64 bits per heavy atom. The van der Waals surface area contributed by atoms with Gasteiger partial charge in [0.05, 0.1) is 11.9 Å². The molecule has 0 spiro atoms. The number of nitrogens with one attached hydrogen (secondary N) is 2. The van der Waals surface area contributed by atoms with E-state index >= 15 is 0 Å². The molecule has 1 aromatic carbocycles. The minimum Gasteiger partial charge on any atom is -0.666 e. The Labute approximate surface area is 177 Å². The number of likely N-dealkylation sites (tertiary alicyclic amines) is 1. The second kappa shape index (κ2) is 10.9. The Morgan fingerprint density at radius 1 is 1.32 bits per heavy atom. The van der Waals surface area contributed by atoms with Crippen LogP contribution in [0.1, 0.15) is 31.7 Å². The van der Waals surface area contributed by atoms with Gasteiger partial charge in [-0.05, 0) is 31.7 Å². The molecule has 1 heterocycles. The minimum atomic E-state index is -0.784. The van der Waals surface area contributed by atoms with E-state index in [1.54, 1.807) is 6.92 Å². The van der Waals surface area contributed by atoms with Crippen LogP contribution in [0.25, 0.3) is 5.73 Å². The van der Waals surface area contributed by atoms with Crippen molar-refractivity contribution in [1.29, 1.82) is 0 Å². The van der Waals surface area contributed by atoms with Crippen molar-refractivity contribution in [1.82, 2.24) is 10.2 Å². The second-order valence-corrected chi connectivity index (χ2v) is 6.77. The molecule has 1 aromatic rings. The van der Waals surface area contributed by atoms with E-state index in [0.29, 0.717) is 18.7 Å². The van der Waals surface area contributed by atoms with Crippen molar-refractivity contribution in [3.8, 4) is 0 Å². The summed E-state index contributed by atoms with van der Waals surface area (Å²) < 4.78 is 0. The van der Waals surface area contributed by atoms with E-state index in [9.17, 15) is 14.4 Å². The van der Waals surface area contributed by atoms with Gasteiger partial charge in [0.25, 0.3) is 5.24 Å². The van der Waals surface area contributed by atoms with Crippen LogP contribution in [-0.2, 0) is 48.1 Å². The van der Waals surface area contributed by atoms with Gasteiger partial charge in [0.2, 0.25) is 5.91 Å². The van der Waals surface area contributed by atoms with Gasteiger partial charge in [0, 0.05) is 45.0 Å². The number of thioether (sulfide) groups is 1. The standard InChI is InChI=1S/C17H23N3O3S.Y/c1-12(15(18)21)20-10-6-5-9-14(16(20)22)19-17(23)24-11-13-7-3-2-4-8-13;/h2-4,7-8,12,14H,5-6,9-11H2,1H3,(H3,18,19,21,23);/p-1/t12-,14-;/m0./s1. The van der Waals surface area contributed by atoms with Crippen LogP contribution in [0.4, 0.5) is 4.79 Å². The third-order valence-electron chi connectivity index (χ3n) is 4.07. The maximum Gasteiger partial charge on any atom is 0.280 e. The maximum absolute atomic E-state index is 12.6. The first kappa shape index (κ1) is 22.1. The Bertz CT molecular complexity index is 600. The molecule has 2 atom stereocenters. The number of rotatable bonds is 5. The summed E-state index contributed by atoms with van der Waals surface area (Å²) in [7, 11) is 0. The van der Waals surface area contributed by atoms with Gasteiger partial charge in [0.1, 0.15) is 6.04 Å². The minimum absolute atomic E-state index is 0. The molecule has 2 rings (SSSR count). The van der Waals surface area contributed by atoms with Crippen molar-refractivity contribution in [2.24, 2.45) is 0 Å². The van der Waals surface area contributed by atoms with Crippen LogP contribution < -0.4 is 5.32 Å². The van der Waals surface area contributed by atoms with Crippen LogP contribution in [-0.4, -0.2) is 40.6 Å². The number of nitrogens with zero attached hydrogens (tertiary/aromatic N) is 1. The molecule has 1 fully saturated rings. The van der Waals surface area contributed by atoms with Crippen molar-refractivity contribution in [2.75, 3.05) is 6.54 Å². The van der Waals surface area contributed by atoms with E-state index in [0.717, 1.165) is 30.2 Å². The molecule has 1 radical (unpaired) electrons. The summed E-state index contributed by atoms with van der Waals surface area (Å²) >= 11 is 1.12. The predicted molar refractivity (Wildman–Crippen MR) is 94.4 cm³/mol. The van der Waals surface area contributed by atoms with Gasteiger partial charge in [-0.3, -0.25) is 9.59 Å². The summed E-state index contributed by atoms with van der Waals surface area (Å²) in [5, 5.41) is 2.52. The summed E-state index contributed by atoms with van der Waals surface area (Å²) in [4.78, 5) is 37.4. The van der Waals surface area contributed by atoms with Gasteiger partial charge in [-0.1, -0.05) is 42.1 Å². The monoisotopic (exact) mass is 437 g/mol. The summed E-state index contributed by atoms with van der Waals surface area (Å²) in [6.45, 7) is 2.01. The summed E-state index contributed by atoms with van der Waals surface area (Å²) in [5.74, 6) is -0.512. The first-order valence-electron chi connectivity index (χ1n) is 8.02. The van der Waals surface area contributed by atoms with E-state index < -0.39 is 18.0 Å². The Morgan fingerprint density at radius 2 is 2.00 bits per heavy atom. The molecular formula is C17H22N3O3SY-. The topological polar surface area (TPSA) is 90.3 Å². The number of hydrogen-bond acceptors (Lipinski definition) is 4. The van der Waals surface area contributed by atoms with Crippen molar-refractivity contribution in [3.63, 3.8) is 0 Å². The van der Waals surface area contributed by atoms with Crippen molar-refractivity contribution in [2.45, 2.75) is 44.0 Å². The van der Waals surface area contributed by atoms with Gasteiger partial charge in [-0.2, -0.15) is 0 Å². The number of benzene rings is 1. The second-order valence-electron chi connectivity index (χ2n) is 5.83. The average Bonchev–Trinajstić information content (AvgIpc) is 2.75. The molecule has 0 aromatic heterocycles. The molecule has 6 nitrogen and oxygen atoms in total. The first-order chi connectivity index (χ1) is 11.5. The number of amides is 3. The molecule has 133 valence electrons. The Balaban J connectivity index is 0.00000312. The van der Waals surface area contributed by atoms with E-state index in [1.165, 1.54) is 4.90 Å². The SMILES string of the molecule is C[C@@H](C([NH-])=O)N1CCCC[C@H](NC(=O)SCc2ccccc2)C1=O.[Y]. The zero-order valence-electron chi connectivity index (χ0n) is 14.2. The molecule has 1 saturated heterocycles. The fourth-order valence-corrected chi connectivity index (χ4v) is 3.35. The summed E-state index contributed by atoms with van der Waals surface area (Å²) in [6, 6.07) is 8.25. The summed E-state index contributed by atoms with van der Waals surface area (Å²) in [6.07, 6.45) is 2.13. The molecule has 0 bridgehead atoms. The van der Waals surface area contributed by atoms with E-state index in [4.69, 9.17) is 5.73 Å². The van der Waals surface area contributed by atoms with Crippen molar-refractivity contribution < 1.29 is 47.1 Å². The van der Waals surface area contributed by atoms with E-state index in [-0.39, 0.29) is 43.9 Å². The molecule has 1 aliphatic heterocycles. The van der Waals surface area contributed by atoms with Gasteiger partial charge in [0.15, 0.2) is 0 Å². The first-order valence-corrected chi connectivity index (χ1v) is 9.00. The van der Waals surface area contributed by atoms with Crippen LogP contribution in [0.5, 0.6) is 0 Å². The third-order valence-corrected chi connectivity index (χ3v) is 4.93. The molecule has 0 saturated carbocycles. The van der Waals surface area contributed by atoms with Crippen molar-refractivity contribution >= 4 is 28.8 Å². The predicted octanol–water partition coefficient (Wildman–Crippen LogP) is 2.98. The maximum atomic E-state index is 12.6. The number of carbonyl (C=O) groups excluding carboxylic acids is 3.